The lowest BCUT2D eigenvalue weighted by Gasteiger charge is -2.23. The molecule has 1 saturated heterocycles. The number of amides is 1. The van der Waals surface area contributed by atoms with E-state index in [-0.39, 0.29) is 5.91 Å². The molecule has 1 amide bonds. The van der Waals surface area contributed by atoms with Crippen molar-refractivity contribution in [3.8, 4) is 0 Å². The first-order chi connectivity index (χ1) is 8.84. The van der Waals surface area contributed by atoms with Crippen molar-refractivity contribution >= 4 is 23.3 Å². The lowest BCUT2D eigenvalue weighted by atomic mass is 10.4. The zero-order valence-electron chi connectivity index (χ0n) is 10.4. The Kier molecular flexibility index (Phi) is 5.38. The normalized spacial score (nSPS) is 17.1. The Labute approximate surface area is 111 Å². The highest BCUT2D eigenvalue weighted by atomic mass is 32.1. The minimum absolute atomic E-state index is 0.0175. The molecule has 2 N–H and O–H groups in total. The number of hydrogen-bond donors (Lipinski definition) is 2. The lowest BCUT2D eigenvalue weighted by Crippen LogP contribution is -3.14. The van der Waals surface area contributed by atoms with E-state index in [1.807, 2.05) is 23.6 Å². The van der Waals surface area contributed by atoms with Crippen LogP contribution in [0.15, 0.2) is 23.6 Å². The fraction of sp³-hybridized carbons (Fsp3) is 0.462. The number of carbonyl (C=O) groups excluding carboxylic acids is 1. The van der Waals surface area contributed by atoms with Crippen LogP contribution in [-0.2, 0) is 9.53 Å². The third kappa shape index (κ3) is 4.60. The van der Waals surface area contributed by atoms with Gasteiger partial charge in [-0.15, -0.1) is 11.3 Å². The summed E-state index contributed by atoms with van der Waals surface area (Å²) < 4.78 is 5.29. The van der Waals surface area contributed by atoms with Crippen LogP contribution in [0.2, 0.25) is 0 Å². The molecule has 0 spiro atoms. The minimum atomic E-state index is -0.0175. The van der Waals surface area contributed by atoms with E-state index in [1.165, 1.54) is 4.90 Å². The minimum Gasteiger partial charge on any atom is -0.370 e. The van der Waals surface area contributed by atoms with E-state index in [2.05, 4.69) is 5.32 Å². The van der Waals surface area contributed by atoms with Crippen molar-refractivity contribution in [1.82, 2.24) is 5.32 Å². The predicted molar refractivity (Wildman–Crippen MR) is 72.7 cm³/mol. The highest BCUT2D eigenvalue weighted by molar-refractivity contribution is 7.10. The largest absolute Gasteiger partial charge is 0.370 e. The zero-order valence-corrected chi connectivity index (χ0v) is 11.2. The van der Waals surface area contributed by atoms with E-state index in [0.29, 0.717) is 0 Å². The Bertz CT molecular complexity index is 384. The highest BCUT2D eigenvalue weighted by Gasteiger charge is 2.12. The molecule has 0 bridgehead atoms. The number of morpholine rings is 1. The van der Waals surface area contributed by atoms with Gasteiger partial charge in [0.1, 0.15) is 13.1 Å². The van der Waals surface area contributed by atoms with Crippen LogP contribution in [0.5, 0.6) is 0 Å². The Hall–Kier alpha value is -1.17. The molecule has 1 aromatic rings. The van der Waals surface area contributed by atoms with E-state index in [0.717, 1.165) is 44.3 Å². The third-order valence-corrected chi connectivity index (χ3v) is 3.76. The smallest absolute Gasteiger partial charge is 0.244 e. The Morgan fingerprint density at radius 2 is 2.33 bits per heavy atom. The van der Waals surface area contributed by atoms with Crippen molar-refractivity contribution in [1.29, 1.82) is 0 Å². The van der Waals surface area contributed by atoms with Gasteiger partial charge in [-0.25, -0.2) is 0 Å². The second kappa shape index (κ2) is 7.31. The molecule has 1 aliphatic heterocycles. The molecule has 0 saturated carbocycles. The van der Waals surface area contributed by atoms with Crippen LogP contribution >= 0.6 is 11.3 Å². The molecule has 0 radical (unpaired) electrons. The number of carbonyl (C=O) groups is 1. The molecular formula is C13H19N2O2S+. The summed E-state index contributed by atoms with van der Waals surface area (Å²) in [6.07, 6.45) is 3.45. The van der Waals surface area contributed by atoms with Crippen molar-refractivity contribution in [2.75, 3.05) is 39.4 Å². The van der Waals surface area contributed by atoms with Crippen LogP contribution in [0.25, 0.3) is 6.08 Å². The second-order valence-electron chi connectivity index (χ2n) is 4.25. The van der Waals surface area contributed by atoms with Crippen molar-refractivity contribution in [3.05, 3.63) is 28.5 Å². The van der Waals surface area contributed by atoms with Crippen LogP contribution in [0, 0.1) is 0 Å². The average Bonchev–Trinajstić information content (AvgIpc) is 2.91. The van der Waals surface area contributed by atoms with E-state index in [1.54, 1.807) is 17.4 Å². The summed E-state index contributed by atoms with van der Waals surface area (Å²) in [6, 6.07) is 3.97. The van der Waals surface area contributed by atoms with Crippen LogP contribution in [-0.4, -0.2) is 45.3 Å². The summed E-state index contributed by atoms with van der Waals surface area (Å²) >= 11 is 1.63. The van der Waals surface area contributed by atoms with Crippen molar-refractivity contribution in [2.24, 2.45) is 0 Å². The predicted octanol–water partition coefficient (Wildman–Crippen LogP) is -0.207. The summed E-state index contributed by atoms with van der Waals surface area (Å²) in [6.45, 7) is 5.45. The summed E-state index contributed by atoms with van der Waals surface area (Å²) in [5, 5.41) is 4.91. The van der Waals surface area contributed by atoms with Gasteiger partial charge in [0, 0.05) is 11.0 Å². The molecule has 4 nitrogen and oxygen atoms in total. The topological polar surface area (TPSA) is 42.8 Å². The van der Waals surface area contributed by atoms with Gasteiger partial charge < -0.3 is 15.0 Å². The van der Waals surface area contributed by atoms with Gasteiger partial charge in [-0.05, 0) is 17.5 Å². The van der Waals surface area contributed by atoms with Crippen LogP contribution < -0.4 is 10.2 Å². The maximum atomic E-state index is 11.6. The molecule has 18 heavy (non-hydrogen) atoms. The van der Waals surface area contributed by atoms with E-state index in [4.69, 9.17) is 4.74 Å². The molecule has 2 rings (SSSR count). The summed E-state index contributed by atoms with van der Waals surface area (Å²) in [4.78, 5) is 14.2. The van der Waals surface area contributed by atoms with Gasteiger partial charge >= 0.3 is 0 Å². The number of nitrogens with one attached hydrogen (secondary N) is 2. The molecule has 2 heterocycles. The molecule has 98 valence electrons. The second-order valence-corrected chi connectivity index (χ2v) is 5.23. The maximum absolute atomic E-state index is 11.6. The molecule has 1 fully saturated rings. The molecule has 0 aliphatic carbocycles. The molecule has 0 unspecified atom stereocenters. The fourth-order valence-electron chi connectivity index (χ4n) is 1.88. The summed E-state index contributed by atoms with van der Waals surface area (Å²) in [7, 11) is 0. The van der Waals surface area contributed by atoms with Gasteiger partial charge in [0.2, 0.25) is 5.91 Å². The molecule has 5 heteroatoms. The average molecular weight is 267 g/mol. The summed E-state index contributed by atoms with van der Waals surface area (Å²) in [5.74, 6) is -0.0175. The maximum Gasteiger partial charge on any atom is 0.244 e. The van der Waals surface area contributed by atoms with Crippen LogP contribution in [0.4, 0.5) is 0 Å². The lowest BCUT2D eigenvalue weighted by molar-refractivity contribution is -0.906. The highest BCUT2D eigenvalue weighted by Crippen LogP contribution is 2.09. The van der Waals surface area contributed by atoms with Gasteiger partial charge in [-0.1, -0.05) is 6.07 Å². The van der Waals surface area contributed by atoms with Gasteiger partial charge in [0.05, 0.1) is 26.3 Å². The Morgan fingerprint density at radius 3 is 3.06 bits per heavy atom. The zero-order chi connectivity index (χ0) is 12.6. The first-order valence-electron chi connectivity index (χ1n) is 6.25. The molecule has 1 aromatic heterocycles. The van der Waals surface area contributed by atoms with Gasteiger partial charge in [0.25, 0.3) is 0 Å². The number of ether oxygens (including phenoxy) is 1. The molecular weight excluding hydrogens is 248 g/mol. The Morgan fingerprint density at radius 1 is 1.50 bits per heavy atom. The summed E-state index contributed by atoms with van der Waals surface area (Å²) in [5.41, 5.74) is 0. The van der Waals surface area contributed by atoms with Crippen molar-refractivity contribution in [2.45, 2.75) is 0 Å². The first kappa shape index (κ1) is 13.3. The van der Waals surface area contributed by atoms with Crippen molar-refractivity contribution in [3.63, 3.8) is 0 Å². The van der Waals surface area contributed by atoms with E-state index >= 15 is 0 Å². The number of quaternary nitrogens is 1. The molecule has 1 aliphatic rings. The van der Waals surface area contributed by atoms with Gasteiger partial charge in [-0.2, -0.15) is 0 Å². The standard InChI is InChI=1S/C13H18N2O2S/c16-13(4-3-12-2-1-11-18-12)14-5-6-15-7-9-17-10-8-15/h1-4,11H,5-10H2,(H,14,16)/p+1/b4-3+. The number of hydrogen-bond acceptors (Lipinski definition) is 3. The third-order valence-electron chi connectivity index (χ3n) is 2.92. The van der Waals surface area contributed by atoms with Crippen molar-refractivity contribution < 1.29 is 14.4 Å². The number of thiophene rings is 1. The number of rotatable bonds is 5. The van der Waals surface area contributed by atoms with Gasteiger partial charge in [-0.3, -0.25) is 4.79 Å². The van der Waals surface area contributed by atoms with E-state index < -0.39 is 0 Å². The van der Waals surface area contributed by atoms with Gasteiger partial charge in [0.15, 0.2) is 0 Å². The fourth-order valence-corrected chi connectivity index (χ4v) is 2.49. The van der Waals surface area contributed by atoms with E-state index in [9.17, 15) is 4.79 Å². The van der Waals surface area contributed by atoms with Crippen LogP contribution in [0.1, 0.15) is 4.88 Å². The molecule has 0 atom stereocenters. The Balaban J connectivity index is 1.62. The monoisotopic (exact) mass is 267 g/mol. The SMILES string of the molecule is O=C(/C=C/c1cccs1)NCC[NH+]1CCOCC1. The quantitative estimate of drug-likeness (QED) is 0.725. The first-order valence-corrected chi connectivity index (χ1v) is 7.13. The molecule has 0 aromatic carbocycles. The van der Waals surface area contributed by atoms with Crippen LogP contribution in [0.3, 0.4) is 0 Å².